The maximum Gasteiger partial charge on any atom is 0.350 e. The molecule has 18 heavy (non-hydrogen) atoms. The van der Waals surface area contributed by atoms with Crippen LogP contribution in [-0.4, -0.2) is 43.7 Å². The van der Waals surface area contributed by atoms with Crippen molar-refractivity contribution in [2.24, 2.45) is 0 Å². The van der Waals surface area contributed by atoms with Gasteiger partial charge in [-0.15, -0.1) is 0 Å². The van der Waals surface area contributed by atoms with E-state index in [1.165, 1.54) is 12.3 Å². The predicted octanol–water partition coefficient (Wildman–Crippen LogP) is -0.293. The van der Waals surface area contributed by atoms with E-state index >= 15 is 0 Å². The Labute approximate surface area is 107 Å². The summed E-state index contributed by atoms with van der Waals surface area (Å²) in [6, 6.07) is 1.48. The summed E-state index contributed by atoms with van der Waals surface area (Å²) < 4.78 is 20.1. The highest BCUT2D eigenvalue weighted by Crippen LogP contribution is 2.43. The van der Waals surface area contributed by atoms with E-state index < -0.39 is 35.9 Å². The molecule has 0 aliphatic carbocycles. The number of hydrogen-bond acceptors (Lipinski definition) is 5. The van der Waals surface area contributed by atoms with Crippen molar-refractivity contribution < 1.29 is 19.3 Å². The number of halogens is 2. The predicted molar refractivity (Wildman–Crippen MR) is 59.9 cm³/mol. The van der Waals surface area contributed by atoms with Gasteiger partial charge in [-0.1, -0.05) is 11.6 Å². The van der Waals surface area contributed by atoms with Crippen LogP contribution in [-0.2, 0) is 4.74 Å². The number of hydrogen-bond donors (Lipinski definition) is 2. The van der Waals surface area contributed by atoms with Crippen LogP contribution in [0.4, 0.5) is 4.39 Å². The normalized spacial score (nSPS) is 35.9. The molecule has 0 saturated carbocycles. The monoisotopic (exact) mass is 278 g/mol. The molecule has 0 radical (unpaired) electrons. The summed E-state index contributed by atoms with van der Waals surface area (Å²) in [7, 11) is 0. The zero-order valence-electron chi connectivity index (χ0n) is 9.46. The largest absolute Gasteiger partial charge is 0.394 e. The zero-order chi connectivity index (χ0) is 13.5. The number of aliphatic hydroxyl groups is 2. The first-order chi connectivity index (χ1) is 8.37. The number of aryl methyl sites for hydroxylation is 1. The number of nitrogens with zero attached hydrogens (tertiary/aromatic N) is 2. The lowest BCUT2D eigenvalue weighted by molar-refractivity contribution is -0.0518. The molecule has 0 unspecified atom stereocenters. The van der Waals surface area contributed by atoms with Gasteiger partial charge >= 0.3 is 5.69 Å². The molecule has 2 rings (SSSR count). The lowest BCUT2D eigenvalue weighted by atomic mass is 10.1. The molecule has 1 aromatic rings. The lowest BCUT2D eigenvalue weighted by Gasteiger charge is -2.22. The van der Waals surface area contributed by atoms with E-state index in [0.717, 1.165) is 4.57 Å². The van der Waals surface area contributed by atoms with Crippen molar-refractivity contribution >= 4 is 11.6 Å². The Bertz CT molecular complexity index is 507. The topological polar surface area (TPSA) is 84.6 Å². The van der Waals surface area contributed by atoms with Crippen LogP contribution in [0.3, 0.4) is 0 Å². The van der Waals surface area contributed by atoms with E-state index in [2.05, 4.69) is 4.98 Å². The van der Waals surface area contributed by atoms with Crippen molar-refractivity contribution in [3.8, 4) is 0 Å². The van der Waals surface area contributed by atoms with E-state index in [-0.39, 0.29) is 0 Å². The summed E-state index contributed by atoms with van der Waals surface area (Å²) in [4.78, 5) is 15.2. The first-order valence-corrected chi connectivity index (χ1v) is 5.63. The van der Waals surface area contributed by atoms with Gasteiger partial charge in [-0.05, 0) is 13.0 Å². The SMILES string of the molecule is Cc1ccn([C@@H]2O[C@H](CO)[C@@H](O)[C@]2(F)Cl)c(=O)n1. The average Bonchev–Trinajstić information content (AvgIpc) is 2.52. The zero-order valence-corrected chi connectivity index (χ0v) is 10.2. The molecule has 8 heteroatoms. The van der Waals surface area contributed by atoms with Crippen molar-refractivity contribution in [1.29, 1.82) is 0 Å². The van der Waals surface area contributed by atoms with Gasteiger partial charge in [-0.2, -0.15) is 4.98 Å². The van der Waals surface area contributed by atoms with Gasteiger partial charge in [0.15, 0.2) is 6.23 Å². The molecule has 0 amide bonds. The third kappa shape index (κ3) is 2.03. The van der Waals surface area contributed by atoms with Crippen LogP contribution >= 0.6 is 11.6 Å². The minimum atomic E-state index is -2.70. The highest BCUT2D eigenvalue weighted by Gasteiger charge is 2.57. The Balaban J connectivity index is 2.42. The standard InChI is InChI=1S/C10H12ClFN2O4/c1-5-2-3-14(9(17)13-5)8-10(11,12)7(16)6(4-15)18-8/h2-3,6-8,15-16H,4H2,1H3/t6-,7-,8-,10-/m1/s1. The van der Waals surface area contributed by atoms with Crippen LogP contribution in [0.1, 0.15) is 11.9 Å². The minimum absolute atomic E-state index is 0.465. The molecule has 1 fully saturated rings. The van der Waals surface area contributed by atoms with Gasteiger partial charge in [-0.25, -0.2) is 9.18 Å². The van der Waals surface area contributed by atoms with E-state index in [0.29, 0.717) is 5.69 Å². The van der Waals surface area contributed by atoms with Crippen LogP contribution in [0.5, 0.6) is 0 Å². The summed E-state index contributed by atoms with van der Waals surface area (Å²) in [5.74, 6) is 0. The second-order valence-corrected chi connectivity index (χ2v) is 4.67. The molecule has 0 spiro atoms. The van der Waals surface area contributed by atoms with E-state index in [1.54, 1.807) is 6.92 Å². The molecule has 0 bridgehead atoms. The van der Waals surface area contributed by atoms with Gasteiger partial charge in [0.2, 0.25) is 0 Å². The summed E-state index contributed by atoms with van der Waals surface area (Å²) in [6.07, 6.45) is -3.18. The molecule has 1 saturated heterocycles. The quantitative estimate of drug-likeness (QED) is 0.726. The number of aromatic nitrogens is 2. The Morgan fingerprint density at radius 3 is 2.89 bits per heavy atom. The molecule has 1 aliphatic rings. The van der Waals surface area contributed by atoms with Gasteiger partial charge < -0.3 is 14.9 Å². The van der Waals surface area contributed by atoms with Gasteiger partial charge in [0.25, 0.3) is 5.13 Å². The molecule has 4 atom stereocenters. The molecule has 6 nitrogen and oxygen atoms in total. The molecule has 1 aromatic heterocycles. The fraction of sp³-hybridized carbons (Fsp3) is 0.600. The molecular weight excluding hydrogens is 267 g/mol. The molecule has 100 valence electrons. The maximum absolute atomic E-state index is 14.2. The van der Waals surface area contributed by atoms with Crippen molar-refractivity contribution in [3.05, 3.63) is 28.4 Å². The molecule has 2 heterocycles. The van der Waals surface area contributed by atoms with Gasteiger partial charge in [0, 0.05) is 11.9 Å². The fourth-order valence-electron chi connectivity index (χ4n) is 1.79. The van der Waals surface area contributed by atoms with Crippen molar-refractivity contribution in [2.75, 3.05) is 6.61 Å². The van der Waals surface area contributed by atoms with E-state index in [4.69, 9.17) is 21.4 Å². The Morgan fingerprint density at radius 2 is 2.39 bits per heavy atom. The van der Waals surface area contributed by atoms with Crippen LogP contribution in [0, 0.1) is 6.92 Å². The number of alkyl halides is 2. The van der Waals surface area contributed by atoms with Gasteiger partial charge in [0.1, 0.15) is 12.2 Å². The minimum Gasteiger partial charge on any atom is -0.394 e. The summed E-state index contributed by atoms with van der Waals surface area (Å²) >= 11 is 5.56. The Hall–Kier alpha value is -1.02. The van der Waals surface area contributed by atoms with E-state index in [9.17, 15) is 14.3 Å². The Morgan fingerprint density at radius 1 is 1.72 bits per heavy atom. The number of ether oxygens (including phenoxy) is 1. The van der Waals surface area contributed by atoms with Crippen molar-refractivity contribution in [1.82, 2.24) is 9.55 Å². The maximum atomic E-state index is 14.2. The van der Waals surface area contributed by atoms with Crippen molar-refractivity contribution in [3.63, 3.8) is 0 Å². The van der Waals surface area contributed by atoms with Crippen LogP contribution in [0.25, 0.3) is 0 Å². The van der Waals surface area contributed by atoms with Crippen LogP contribution in [0.15, 0.2) is 17.1 Å². The van der Waals surface area contributed by atoms with Gasteiger partial charge in [-0.3, -0.25) is 4.57 Å². The van der Waals surface area contributed by atoms with Crippen LogP contribution in [0.2, 0.25) is 0 Å². The molecule has 2 N–H and O–H groups in total. The highest BCUT2D eigenvalue weighted by molar-refractivity contribution is 6.23. The third-order valence-corrected chi connectivity index (χ3v) is 3.19. The summed E-state index contributed by atoms with van der Waals surface area (Å²) in [5, 5.41) is 15.8. The molecule has 0 aromatic carbocycles. The first-order valence-electron chi connectivity index (χ1n) is 5.26. The number of rotatable bonds is 2. The first kappa shape index (κ1) is 13.4. The average molecular weight is 279 g/mol. The Kier molecular flexibility index (Phi) is 3.41. The second kappa shape index (κ2) is 4.58. The molecular formula is C10H12ClFN2O4. The van der Waals surface area contributed by atoms with Crippen LogP contribution < -0.4 is 5.69 Å². The summed E-state index contributed by atoms with van der Waals surface area (Å²) in [5.41, 5.74) is -0.277. The fourth-order valence-corrected chi connectivity index (χ4v) is 2.09. The smallest absolute Gasteiger partial charge is 0.350 e. The van der Waals surface area contributed by atoms with E-state index in [1.807, 2.05) is 0 Å². The highest BCUT2D eigenvalue weighted by atomic mass is 35.5. The third-order valence-electron chi connectivity index (χ3n) is 2.78. The summed E-state index contributed by atoms with van der Waals surface area (Å²) in [6.45, 7) is 1.00. The lowest BCUT2D eigenvalue weighted by Crippen LogP contribution is -2.41. The number of aliphatic hydroxyl groups excluding tert-OH is 2. The van der Waals surface area contributed by atoms with Crippen molar-refractivity contribution in [2.45, 2.75) is 30.5 Å². The van der Waals surface area contributed by atoms with Gasteiger partial charge in [0.05, 0.1) is 6.61 Å². The molecule has 1 aliphatic heterocycles. The second-order valence-electron chi connectivity index (χ2n) is 4.09.